The van der Waals surface area contributed by atoms with Crippen molar-refractivity contribution in [3.05, 3.63) is 0 Å². The fourth-order valence-electron chi connectivity index (χ4n) is 6.01. The van der Waals surface area contributed by atoms with Gasteiger partial charge in [0.1, 0.15) is 13.2 Å². The lowest BCUT2D eigenvalue weighted by Crippen LogP contribution is -2.30. The highest BCUT2D eigenvalue weighted by Crippen LogP contribution is 2.16. The summed E-state index contributed by atoms with van der Waals surface area (Å²) in [4.78, 5) is 37.3. The van der Waals surface area contributed by atoms with Gasteiger partial charge in [0.25, 0.3) is 0 Å². The molecule has 0 heterocycles. The second-order valence-corrected chi connectivity index (χ2v) is 15.0. The second-order valence-electron chi connectivity index (χ2n) is 15.0. The largest absolute Gasteiger partial charge is 0.462 e. The highest BCUT2D eigenvalue weighted by molar-refractivity contribution is 5.71. The molecule has 0 radical (unpaired) electrons. The summed E-state index contributed by atoms with van der Waals surface area (Å²) in [6, 6.07) is 0. The van der Waals surface area contributed by atoms with Crippen molar-refractivity contribution in [1.82, 2.24) is 0 Å². The number of hydrogen-bond acceptors (Lipinski definition) is 6. The van der Waals surface area contributed by atoms with E-state index in [1.54, 1.807) is 0 Å². The smallest absolute Gasteiger partial charge is 0.306 e. The molecule has 0 saturated heterocycles. The predicted molar refractivity (Wildman–Crippen MR) is 201 cm³/mol. The lowest BCUT2D eigenvalue weighted by Gasteiger charge is -2.18. The molecule has 0 saturated carbocycles. The number of carbonyl (C=O) groups is 3. The van der Waals surface area contributed by atoms with Gasteiger partial charge in [0.15, 0.2) is 6.10 Å². The van der Waals surface area contributed by atoms with Gasteiger partial charge in [-0.05, 0) is 31.1 Å². The van der Waals surface area contributed by atoms with E-state index >= 15 is 0 Å². The summed E-state index contributed by atoms with van der Waals surface area (Å²) >= 11 is 0. The fourth-order valence-corrected chi connectivity index (χ4v) is 6.01. The molecule has 1 unspecified atom stereocenters. The molecule has 0 aliphatic rings. The minimum absolute atomic E-state index is 0.0674. The molecule has 0 amide bonds. The Morgan fingerprint density at radius 3 is 1.19 bits per heavy atom. The molecule has 0 N–H and O–H groups in total. The molecule has 0 rings (SSSR count). The van der Waals surface area contributed by atoms with Crippen LogP contribution in [-0.4, -0.2) is 37.2 Å². The van der Waals surface area contributed by atoms with Crippen LogP contribution in [0.15, 0.2) is 0 Å². The Morgan fingerprint density at radius 1 is 0.438 bits per heavy atom. The van der Waals surface area contributed by atoms with Gasteiger partial charge in [0.05, 0.1) is 0 Å². The summed E-state index contributed by atoms with van der Waals surface area (Å²) < 4.78 is 16.5. The van der Waals surface area contributed by atoms with Crippen LogP contribution in [0.3, 0.4) is 0 Å². The van der Waals surface area contributed by atoms with Crippen LogP contribution in [0.4, 0.5) is 0 Å². The lowest BCUT2D eigenvalue weighted by atomic mass is 10.00. The third-order valence-electron chi connectivity index (χ3n) is 9.58. The van der Waals surface area contributed by atoms with Crippen LogP contribution in [-0.2, 0) is 28.6 Å². The summed E-state index contributed by atoms with van der Waals surface area (Å²) in [5.74, 6) is 0.768. The molecule has 0 aromatic rings. The zero-order valence-electron chi connectivity index (χ0n) is 32.6. The zero-order valence-corrected chi connectivity index (χ0v) is 32.6. The van der Waals surface area contributed by atoms with Crippen molar-refractivity contribution in [3.8, 4) is 0 Å². The molecule has 0 aliphatic carbocycles. The summed E-state index contributed by atoms with van der Waals surface area (Å²) in [5, 5.41) is 0. The first kappa shape index (κ1) is 46.4. The number of esters is 3. The van der Waals surface area contributed by atoms with Gasteiger partial charge < -0.3 is 14.2 Å². The summed E-state index contributed by atoms with van der Waals surface area (Å²) in [6.07, 6.45) is 31.2. The first-order valence-electron chi connectivity index (χ1n) is 20.8. The van der Waals surface area contributed by atoms with Crippen molar-refractivity contribution in [2.75, 3.05) is 13.2 Å². The Balaban J connectivity index is 4.18. The third-order valence-corrected chi connectivity index (χ3v) is 9.58. The molecule has 0 aromatic carbocycles. The van der Waals surface area contributed by atoms with Gasteiger partial charge in [0.2, 0.25) is 0 Å². The van der Waals surface area contributed by atoms with Crippen LogP contribution in [0.1, 0.15) is 221 Å². The van der Waals surface area contributed by atoms with Crippen molar-refractivity contribution in [2.24, 2.45) is 11.8 Å². The van der Waals surface area contributed by atoms with Crippen LogP contribution in [0.5, 0.6) is 0 Å². The molecule has 6 nitrogen and oxygen atoms in total. The van der Waals surface area contributed by atoms with E-state index in [0.717, 1.165) is 76.0 Å². The molecule has 0 bridgehead atoms. The van der Waals surface area contributed by atoms with Crippen LogP contribution < -0.4 is 0 Å². The van der Waals surface area contributed by atoms with Crippen molar-refractivity contribution in [2.45, 2.75) is 227 Å². The SMILES string of the molecule is CCCCCCCC(=O)O[C@@H](COC(=O)CCCCCCCCCCCCCCC(C)C)COC(=O)CCCCCCCCC(C)CC. The Labute approximate surface area is 298 Å². The maximum absolute atomic E-state index is 12.5. The molecular weight excluding hydrogens is 600 g/mol. The Hall–Kier alpha value is -1.59. The monoisotopic (exact) mass is 681 g/mol. The zero-order chi connectivity index (χ0) is 35.5. The van der Waals surface area contributed by atoms with E-state index in [1.165, 1.54) is 103 Å². The number of carbonyl (C=O) groups excluding carboxylic acids is 3. The van der Waals surface area contributed by atoms with E-state index in [2.05, 4.69) is 34.6 Å². The molecular formula is C42H80O6. The number of unbranched alkanes of at least 4 members (excludes halogenated alkanes) is 20. The minimum atomic E-state index is -0.758. The summed E-state index contributed by atoms with van der Waals surface area (Å²) in [5.41, 5.74) is 0. The molecule has 0 aromatic heterocycles. The number of hydrogen-bond donors (Lipinski definition) is 0. The molecule has 0 spiro atoms. The van der Waals surface area contributed by atoms with Crippen molar-refractivity contribution < 1.29 is 28.6 Å². The molecule has 2 atom stereocenters. The average Bonchev–Trinajstić information content (AvgIpc) is 3.06. The maximum Gasteiger partial charge on any atom is 0.306 e. The van der Waals surface area contributed by atoms with Gasteiger partial charge in [-0.3, -0.25) is 14.4 Å². The van der Waals surface area contributed by atoms with Gasteiger partial charge in [-0.15, -0.1) is 0 Å². The number of rotatable bonds is 36. The van der Waals surface area contributed by atoms with E-state index in [4.69, 9.17) is 14.2 Å². The molecule has 48 heavy (non-hydrogen) atoms. The van der Waals surface area contributed by atoms with Crippen molar-refractivity contribution in [1.29, 1.82) is 0 Å². The first-order chi connectivity index (χ1) is 23.3. The Morgan fingerprint density at radius 2 is 0.792 bits per heavy atom. The van der Waals surface area contributed by atoms with E-state index in [-0.39, 0.29) is 31.1 Å². The van der Waals surface area contributed by atoms with E-state index in [9.17, 15) is 14.4 Å². The van der Waals surface area contributed by atoms with E-state index < -0.39 is 6.10 Å². The third kappa shape index (κ3) is 34.3. The van der Waals surface area contributed by atoms with E-state index in [0.29, 0.717) is 19.3 Å². The standard InChI is InChI=1S/C42H80O6/c1-6-8-9-20-29-34-42(45)48-39(36-47-41(44)33-28-24-19-18-22-26-31-38(5)7-2)35-46-40(43)32-27-23-17-15-13-11-10-12-14-16-21-25-30-37(3)4/h37-39H,6-36H2,1-5H3/t38?,39-/m0/s1. The van der Waals surface area contributed by atoms with Gasteiger partial charge in [-0.25, -0.2) is 0 Å². The molecule has 0 fully saturated rings. The lowest BCUT2D eigenvalue weighted by molar-refractivity contribution is -0.167. The topological polar surface area (TPSA) is 78.9 Å². The van der Waals surface area contributed by atoms with Crippen molar-refractivity contribution in [3.63, 3.8) is 0 Å². The fraction of sp³-hybridized carbons (Fsp3) is 0.929. The average molecular weight is 681 g/mol. The molecule has 6 heteroatoms. The highest BCUT2D eigenvalue weighted by Gasteiger charge is 2.19. The van der Waals surface area contributed by atoms with Gasteiger partial charge in [-0.1, -0.05) is 182 Å². The van der Waals surface area contributed by atoms with Crippen molar-refractivity contribution >= 4 is 17.9 Å². The first-order valence-corrected chi connectivity index (χ1v) is 20.8. The van der Waals surface area contributed by atoms with Crippen LogP contribution in [0.2, 0.25) is 0 Å². The summed E-state index contributed by atoms with van der Waals surface area (Å²) in [7, 11) is 0. The minimum Gasteiger partial charge on any atom is -0.462 e. The Bertz CT molecular complexity index is 736. The number of ether oxygens (including phenoxy) is 3. The predicted octanol–water partition coefficient (Wildman–Crippen LogP) is 12.6. The molecule has 0 aliphatic heterocycles. The highest BCUT2D eigenvalue weighted by atomic mass is 16.6. The normalized spacial score (nSPS) is 12.6. The van der Waals surface area contributed by atoms with Gasteiger partial charge >= 0.3 is 17.9 Å². The van der Waals surface area contributed by atoms with Gasteiger partial charge in [-0.2, -0.15) is 0 Å². The van der Waals surface area contributed by atoms with Crippen LogP contribution in [0.25, 0.3) is 0 Å². The van der Waals surface area contributed by atoms with Crippen LogP contribution in [0, 0.1) is 11.8 Å². The van der Waals surface area contributed by atoms with E-state index in [1.807, 2.05) is 0 Å². The van der Waals surface area contributed by atoms with Gasteiger partial charge in [0, 0.05) is 19.3 Å². The van der Waals surface area contributed by atoms with Crippen LogP contribution >= 0.6 is 0 Å². The Kier molecular flexibility index (Phi) is 34.1. The molecule has 284 valence electrons. The second kappa shape index (κ2) is 35.2. The maximum atomic E-state index is 12.5. The quantitative estimate of drug-likeness (QED) is 0.0372. The summed E-state index contributed by atoms with van der Waals surface area (Å²) in [6.45, 7) is 11.2.